The Morgan fingerprint density at radius 2 is 2.00 bits per heavy atom. The van der Waals surface area contributed by atoms with Gasteiger partial charge in [0.1, 0.15) is 5.02 Å². The standard InChI is InChI=1S/C10H11ClN2O2/c11-10-8(12-6-1-2-7-12)4-3-5-9(10)13(14)15/h3-5H,1-2,6-7H2. The van der Waals surface area contributed by atoms with Gasteiger partial charge in [-0.3, -0.25) is 10.1 Å². The smallest absolute Gasteiger partial charge is 0.290 e. The fourth-order valence-corrected chi connectivity index (χ4v) is 2.17. The van der Waals surface area contributed by atoms with Crippen LogP contribution in [0.1, 0.15) is 12.8 Å². The van der Waals surface area contributed by atoms with Crippen LogP contribution < -0.4 is 4.90 Å². The largest absolute Gasteiger partial charge is 0.370 e. The molecule has 5 heteroatoms. The summed E-state index contributed by atoms with van der Waals surface area (Å²) in [7, 11) is 0. The molecule has 0 aromatic heterocycles. The van der Waals surface area contributed by atoms with E-state index < -0.39 is 4.92 Å². The molecule has 0 aliphatic carbocycles. The summed E-state index contributed by atoms with van der Waals surface area (Å²) >= 11 is 6.00. The maximum Gasteiger partial charge on any atom is 0.290 e. The molecule has 2 rings (SSSR count). The maximum absolute atomic E-state index is 10.7. The van der Waals surface area contributed by atoms with Crippen molar-refractivity contribution in [3.05, 3.63) is 33.3 Å². The van der Waals surface area contributed by atoms with Crippen LogP contribution in [-0.4, -0.2) is 18.0 Å². The number of benzene rings is 1. The first-order valence-corrected chi connectivity index (χ1v) is 5.26. The van der Waals surface area contributed by atoms with Crippen molar-refractivity contribution < 1.29 is 4.92 Å². The lowest BCUT2D eigenvalue weighted by Gasteiger charge is -2.18. The minimum absolute atomic E-state index is 0.0129. The van der Waals surface area contributed by atoms with E-state index in [1.165, 1.54) is 6.07 Å². The van der Waals surface area contributed by atoms with Crippen LogP contribution in [0.25, 0.3) is 0 Å². The molecular weight excluding hydrogens is 216 g/mol. The van der Waals surface area contributed by atoms with Crippen LogP contribution in [0.5, 0.6) is 0 Å². The molecule has 1 aliphatic heterocycles. The number of halogens is 1. The van der Waals surface area contributed by atoms with Gasteiger partial charge in [0.15, 0.2) is 0 Å². The van der Waals surface area contributed by atoms with Gasteiger partial charge in [-0.25, -0.2) is 0 Å². The molecule has 1 aliphatic rings. The molecule has 1 aromatic rings. The average Bonchev–Trinajstić information content (AvgIpc) is 2.70. The minimum atomic E-state index is -0.443. The van der Waals surface area contributed by atoms with E-state index in [0.717, 1.165) is 31.6 Å². The lowest BCUT2D eigenvalue weighted by molar-refractivity contribution is -0.384. The van der Waals surface area contributed by atoms with E-state index in [4.69, 9.17) is 11.6 Å². The lowest BCUT2D eigenvalue weighted by atomic mass is 10.2. The first-order chi connectivity index (χ1) is 7.20. The summed E-state index contributed by atoms with van der Waals surface area (Å²) in [5, 5.41) is 10.9. The zero-order chi connectivity index (χ0) is 10.8. The van der Waals surface area contributed by atoms with Gasteiger partial charge in [-0.2, -0.15) is 0 Å². The monoisotopic (exact) mass is 226 g/mol. The third-order valence-corrected chi connectivity index (χ3v) is 2.99. The Labute approximate surface area is 92.6 Å². The fraction of sp³-hybridized carbons (Fsp3) is 0.400. The predicted octanol–water partition coefficient (Wildman–Crippen LogP) is 2.85. The van der Waals surface area contributed by atoms with Gasteiger partial charge in [0, 0.05) is 19.2 Å². The molecule has 0 saturated carbocycles. The van der Waals surface area contributed by atoms with E-state index >= 15 is 0 Å². The van der Waals surface area contributed by atoms with Gasteiger partial charge in [-0.15, -0.1) is 0 Å². The molecule has 0 radical (unpaired) electrons. The zero-order valence-corrected chi connectivity index (χ0v) is 8.91. The average molecular weight is 227 g/mol. The molecule has 80 valence electrons. The molecule has 15 heavy (non-hydrogen) atoms. The number of rotatable bonds is 2. The molecule has 1 heterocycles. The van der Waals surface area contributed by atoms with Crippen LogP contribution in [0.3, 0.4) is 0 Å². The van der Waals surface area contributed by atoms with Crippen molar-refractivity contribution >= 4 is 23.0 Å². The van der Waals surface area contributed by atoms with Crippen molar-refractivity contribution in [3.63, 3.8) is 0 Å². The summed E-state index contributed by atoms with van der Waals surface area (Å²) in [6.45, 7) is 1.86. The van der Waals surface area contributed by atoms with Crippen LogP contribution in [-0.2, 0) is 0 Å². The van der Waals surface area contributed by atoms with E-state index in [1.54, 1.807) is 6.07 Å². The highest BCUT2D eigenvalue weighted by Gasteiger charge is 2.21. The normalized spacial score (nSPS) is 15.7. The second-order valence-electron chi connectivity index (χ2n) is 3.56. The van der Waals surface area contributed by atoms with E-state index in [0.29, 0.717) is 0 Å². The van der Waals surface area contributed by atoms with E-state index in [-0.39, 0.29) is 10.7 Å². The molecule has 0 bridgehead atoms. The van der Waals surface area contributed by atoms with E-state index in [2.05, 4.69) is 4.90 Å². The molecule has 0 N–H and O–H groups in total. The van der Waals surface area contributed by atoms with Crippen molar-refractivity contribution in [2.45, 2.75) is 12.8 Å². The molecule has 0 atom stereocenters. The Morgan fingerprint density at radius 3 is 2.60 bits per heavy atom. The van der Waals surface area contributed by atoms with Crippen molar-refractivity contribution in [1.29, 1.82) is 0 Å². The van der Waals surface area contributed by atoms with Gasteiger partial charge in [0.2, 0.25) is 0 Å². The zero-order valence-electron chi connectivity index (χ0n) is 8.15. The summed E-state index contributed by atoms with van der Waals surface area (Å²) in [5.41, 5.74) is 0.768. The van der Waals surface area contributed by atoms with Crippen LogP contribution in [0.2, 0.25) is 5.02 Å². The van der Waals surface area contributed by atoms with Crippen molar-refractivity contribution in [2.24, 2.45) is 0 Å². The Balaban J connectivity index is 2.39. The second kappa shape index (κ2) is 4.06. The Bertz CT molecular complexity index is 389. The van der Waals surface area contributed by atoms with Gasteiger partial charge >= 0.3 is 0 Å². The number of nitro groups is 1. The van der Waals surface area contributed by atoms with Crippen LogP contribution >= 0.6 is 11.6 Å². The third kappa shape index (κ3) is 1.90. The molecular formula is C10H11ClN2O2. The molecule has 1 saturated heterocycles. The summed E-state index contributed by atoms with van der Waals surface area (Å²) in [6.07, 6.45) is 2.25. The molecule has 1 aromatic carbocycles. The Kier molecular flexibility index (Phi) is 2.77. The Morgan fingerprint density at radius 1 is 1.33 bits per heavy atom. The van der Waals surface area contributed by atoms with Crippen molar-refractivity contribution in [1.82, 2.24) is 0 Å². The molecule has 0 spiro atoms. The second-order valence-corrected chi connectivity index (χ2v) is 3.94. The summed E-state index contributed by atoms with van der Waals surface area (Å²) in [4.78, 5) is 12.3. The number of nitro benzene ring substituents is 1. The van der Waals surface area contributed by atoms with E-state index in [1.807, 2.05) is 6.07 Å². The lowest BCUT2D eigenvalue weighted by Crippen LogP contribution is -2.18. The van der Waals surface area contributed by atoms with Gasteiger partial charge < -0.3 is 4.90 Å². The first-order valence-electron chi connectivity index (χ1n) is 4.88. The maximum atomic E-state index is 10.7. The highest BCUT2D eigenvalue weighted by molar-refractivity contribution is 6.35. The number of nitrogens with zero attached hydrogens (tertiary/aromatic N) is 2. The van der Waals surface area contributed by atoms with Gasteiger partial charge in [-0.05, 0) is 18.9 Å². The number of anilines is 1. The molecule has 1 fully saturated rings. The number of hydrogen-bond donors (Lipinski definition) is 0. The van der Waals surface area contributed by atoms with Crippen LogP contribution in [0.15, 0.2) is 18.2 Å². The van der Waals surface area contributed by atoms with Gasteiger partial charge in [-0.1, -0.05) is 17.7 Å². The van der Waals surface area contributed by atoms with Crippen LogP contribution in [0, 0.1) is 10.1 Å². The fourth-order valence-electron chi connectivity index (χ4n) is 1.85. The minimum Gasteiger partial charge on any atom is -0.370 e. The first kappa shape index (κ1) is 10.2. The summed E-state index contributed by atoms with van der Waals surface area (Å²) < 4.78 is 0. The summed E-state index contributed by atoms with van der Waals surface area (Å²) in [6, 6.07) is 4.94. The Hall–Kier alpha value is -1.29. The molecule has 0 unspecified atom stereocenters. The SMILES string of the molecule is O=[N+]([O-])c1cccc(N2CCCC2)c1Cl. The molecule has 4 nitrogen and oxygen atoms in total. The quantitative estimate of drug-likeness (QED) is 0.576. The topological polar surface area (TPSA) is 46.4 Å². The van der Waals surface area contributed by atoms with Crippen molar-refractivity contribution in [2.75, 3.05) is 18.0 Å². The highest BCUT2D eigenvalue weighted by atomic mass is 35.5. The number of hydrogen-bond acceptors (Lipinski definition) is 3. The van der Waals surface area contributed by atoms with Crippen LogP contribution in [0.4, 0.5) is 11.4 Å². The van der Waals surface area contributed by atoms with E-state index in [9.17, 15) is 10.1 Å². The summed E-state index contributed by atoms with van der Waals surface area (Å²) in [5.74, 6) is 0. The predicted molar refractivity (Wildman–Crippen MR) is 59.6 cm³/mol. The molecule has 0 amide bonds. The van der Waals surface area contributed by atoms with Crippen molar-refractivity contribution in [3.8, 4) is 0 Å². The van der Waals surface area contributed by atoms with Gasteiger partial charge in [0.05, 0.1) is 10.6 Å². The highest BCUT2D eigenvalue weighted by Crippen LogP contribution is 2.35. The van der Waals surface area contributed by atoms with Gasteiger partial charge in [0.25, 0.3) is 5.69 Å². The third-order valence-electron chi connectivity index (χ3n) is 2.60.